The topological polar surface area (TPSA) is 38.2 Å². The van der Waals surface area contributed by atoms with Crippen LogP contribution in [-0.4, -0.2) is 36.7 Å². The van der Waals surface area contributed by atoms with E-state index in [0.29, 0.717) is 17.0 Å². The van der Waals surface area contributed by atoms with Gasteiger partial charge in [-0.2, -0.15) is 13.2 Å². The molecule has 0 spiro atoms. The molecule has 0 saturated heterocycles. The monoisotopic (exact) mass is 503 g/mol. The van der Waals surface area contributed by atoms with E-state index in [4.69, 9.17) is 4.74 Å². The van der Waals surface area contributed by atoms with Crippen molar-refractivity contribution in [1.82, 2.24) is 4.57 Å². The van der Waals surface area contributed by atoms with Gasteiger partial charge in [0.25, 0.3) is 0 Å². The Kier molecular flexibility index (Phi) is 9.27. The zero-order valence-electron chi connectivity index (χ0n) is 20.6. The first-order valence-electron chi connectivity index (χ1n) is 11.7. The number of fused-ring (bicyclic) bond motifs is 1. The second-order valence-electron chi connectivity index (χ2n) is 8.23. The van der Waals surface area contributed by atoms with Gasteiger partial charge in [-0.05, 0) is 61.4 Å². The Balaban J connectivity index is 1.91. The maximum Gasteiger partial charge on any atom is 0.406 e. The van der Waals surface area contributed by atoms with Crippen molar-refractivity contribution in [3.05, 3.63) is 48.2 Å². The Morgan fingerprint density at radius 3 is 2.57 bits per heavy atom. The van der Waals surface area contributed by atoms with Gasteiger partial charge in [0.2, 0.25) is 0 Å². The van der Waals surface area contributed by atoms with Gasteiger partial charge in [0.1, 0.15) is 12.3 Å². The third kappa shape index (κ3) is 7.04. The second-order valence-corrected chi connectivity index (χ2v) is 9.11. The molecule has 0 radical (unpaired) electrons. The molecule has 1 aromatic heterocycles. The predicted molar refractivity (Wildman–Crippen MR) is 141 cm³/mol. The maximum atomic E-state index is 13.4. The highest BCUT2D eigenvalue weighted by atomic mass is 32.2. The summed E-state index contributed by atoms with van der Waals surface area (Å²) in [4.78, 5) is 1.07. The number of halogens is 3. The molecule has 0 aliphatic carbocycles. The Bertz CT molecular complexity index is 1190. The predicted octanol–water partition coefficient (Wildman–Crippen LogP) is 7.39. The molecule has 2 aromatic carbocycles. The summed E-state index contributed by atoms with van der Waals surface area (Å²) >= 11 is 1.61. The molecule has 3 rings (SSSR count). The highest BCUT2D eigenvalue weighted by molar-refractivity contribution is 7.98. The lowest BCUT2D eigenvalue weighted by Gasteiger charge is -2.18. The molecule has 8 heteroatoms. The molecule has 0 aliphatic heterocycles. The number of ether oxygens (including phenoxy) is 1. The summed E-state index contributed by atoms with van der Waals surface area (Å²) in [5.74, 6) is 6.62. The van der Waals surface area contributed by atoms with E-state index >= 15 is 0 Å². The van der Waals surface area contributed by atoms with Crippen LogP contribution in [0.1, 0.15) is 38.8 Å². The summed E-state index contributed by atoms with van der Waals surface area (Å²) in [5, 5.41) is 7.46. The lowest BCUT2D eigenvalue weighted by Crippen LogP contribution is -2.19. The molecular formula is C27H32F3N3OS. The number of thioether (sulfide) groups is 1. The van der Waals surface area contributed by atoms with Crippen molar-refractivity contribution in [1.29, 1.82) is 0 Å². The molecule has 0 saturated carbocycles. The van der Waals surface area contributed by atoms with E-state index in [1.165, 1.54) is 4.57 Å². The average molecular weight is 504 g/mol. The summed E-state index contributed by atoms with van der Waals surface area (Å²) in [6.07, 6.45) is 0.597. The van der Waals surface area contributed by atoms with Crippen molar-refractivity contribution in [2.24, 2.45) is 0 Å². The largest absolute Gasteiger partial charge is 0.495 e. The van der Waals surface area contributed by atoms with Crippen molar-refractivity contribution in [3.8, 4) is 17.6 Å². The fourth-order valence-electron chi connectivity index (χ4n) is 4.03. The third-order valence-corrected chi connectivity index (χ3v) is 6.49. The van der Waals surface area contributed by atoms with E-state index in [1.807, 2.05) is 30.5 Å². The number of hydrogen-bond donors (Lipinski definition) is 2. The minimum Gasteiger partial charge on any atom is -0.495 e. The lowest BCUT2D eigenvalue weighted by atomic mass is 10.1. The molecule has 1 atom stereocenters. The van der Waals surface area contributed by atoms with E-state index in [-0.39, 0.29) is 12.6 Å². The highest BCUT2D eigenvalue weighted by Crippen LogP contribution is 2.31. The smallest absolute Gasteiger partial charge is 0.406 e. The summed E-state index contributed by atoms with van der Waals surface area (Å²) in [5.41, 5.74) is 2.47. The van der Waals surface area contributed by atoms with Crippen LogP contribution in [0.15, 0.2) is 47.4 Å². The molecule has 35 heavy (non-hydrogen) atoms. The Morgan fingerprint density at radius 1 is 1.11 bits per heavy atom. The highest BCUT2D eigenvalue weighted by Gasteiger charge is 2.30. The first kappa shape index (κ1) is 26.7. The number of anilines is 2. The Hall–Kier alpha value is -2.92. The van der Waals surface area contributed by atoms with Crippen LogP contribution < -0.4 is 15.4 Å². The first-order valence-corrected chi connectivity index (χ1v) is 12.9. The lowest BCUT2D eigenvalue weighted by molar-refractivity contribution is -0.140. The van der Waals surface area contributed by atoms with Gasteiger partial charge >= 0.3 is 6.18 Å². The number of nitrogens with zero attached hydrogens (tertiary/aromatic N) is 1. The molecule has 0 bridgehead atoms. The van der Waals surface area contributed by atoms with Crippen LogP contribution in [0.4, 0.5) is 24.5 Å². The molecular weight excluding hydrogens is 471 g/mol. The van der Waals surface area contributed by atoms with Crippen LogP contribution in [0.25, 0.3) is 10.9 Å². The molecule has 1 unspecified atom stereocenters. The minimum atomic E-state index is -4.36. The van der Waals surface area contributed by atoms with Gasteiger partial charge in [-0.15, -0.1) is 11.8 Å². The number of aromatic nitrogens is 1. The minimum absolute atomic E-state index is 0.266. The molecule has 0 fully saturated rings. The van der Waals surface area contributed by atoms with Gasteiger partial charge in [0.05, 0.1) is 30.6 Å². The van der Waals surface area contributed by atoms with Crippen molar-refractivity contribution < 1.29 is 17.9 Å². The van der Waals surface area contributed by atoms with Crippen molar-refractivity contribution in [2.45, 2.75) is 56.8 Å². The molecule has 0 amide bonds. The fourth-order valence-corrected chi connectivity index (χ4v) is 4.46. The quantitative estimate of drug-likeness (QED) is 0.224. The van der Waals surface area contributed by atoms with Gasteiger partial charge < -0.3 is 19.9 Å². The van der Waals surface area contributed by atoms with Gasteiger partial charge in [0, 0.05) is 22.0 Å². The van der Waals surface area contributed by atoms with Crippen LogP contribution in [-0.2, 0) is 6.54 Å². The van der Waals surface area contributed by atoms with E-state index < -0.39 is 12.7 Å². The van der Waals surface area contributed by atoms with Gasteiger partial charge in [-0.3, -0.25) is 0 Å². The van der Waals surface area contributed by atoms with E-state index in [2.05, 4.69) is 36.3 Å². The van der Waals surface area contributed by atoms with E-state index in [0.717, 1.165) is 40.9 Å². The average Bonchev–Trinajstić information content (AvgIpc) is 3.18. The number of alkyl halides is 3. The zero-order valence-corrected chi connectivity index (χ0v) is 21.4. The fraction of sp³-hybridized carbons (Fsp3) is 0.407. The van der Waals surface area contributed by atoms with Gasteiger partial charge in [-0.25, -0.2) is 0 Å². The number of nitrogens with one attached hydrogen (secondary N) is 2. The summed E-state index contributed by atoms with van der Waals surface area (Å²) < 4.78 is 47.0. The Morgan fingerprint density at radius 2 is 1.91 bits per heavy atom. The molecule has 0 aliphatic rings. The number of methoxy groups -OCH3 is 1. The van der Waals surface area contributed by atoms with Crippen molar-refractivity contribution in [2.75, 3.05) is 30.5 Å². The van der Waals surface area contributed by atoms with E-state index in [9.17, 15) is 13.2 Å². The standard InChI is InChI=1S/C27H32F3N3OS/c1-5-9-19(6-2)32-23-11-7-12-25-22(23)16-20(33(25)18-27(28,29)30)10-8-15-31-24-14-13-21(35-4)17-26(24)34-3/h7,11-14,16-17,19,31-32H,5-6,9,15,18H2,1-4H3. The van der Waals surface area contributed by atoms with Crippen LogP contribution in [0.2, 0.25) is 0 Å². The Labute approximate surface area is 209 Å². The number of benzene rings is 2. The summed E-state index contributed by atoms with van der Waals surface area (Å²) in [6, 6.07) is 13.3. The molecule has 188 valence electrons. The van der Waals surface area contributed by atoms with Crippen molar-refractivity contribution in [3.63, 3.8) is 0 Å². The van der Waals surface area contributed by atoms with Gasteiger partial charge in [-0.1, -0.05) is 32.3 Å². The van der Waals surface area contributed by atoms with Crippen LogP contribution in [0, 0.1) is 11.8 Å². The SMILES string of the molecule is CCCC(CC)Nc1cccc2c1cc(C#CCNc1ccc(SC)cc1OC)n2CC(F)(F)F. The molecule has 4 nitrogen and oxygen atoms in total. The molecule has 1 heterocycles. The zero-order chi connectivity index (χ0) is 25.4. The second kappa shape index (κ2) is 12.2. The van der Waals surface area contributed by atoms with E-state index in [1.54, 1.807) is 37.1 Å². The van der Waals surface area contributed by atoms with Crippen molar-refractivity contribution >= 4 is 34.0 Å². The summed E-state index contributed by atoms with van der Waals surface area (Å²) in [7, 11) is 1.60. The first-order chi connectivity index (χ1) is 16.8. The number of rotatable bonds is 10. The maximum absolute atomic E-state index is 13.4. The molecule has 3 aromatic rings. The summed E-state index contributed by atoms with van der Waals surface area (Å²) in [6.45, 7) is 3.41. The third-order valence-electron chi connectivity index (χ3n) is 5.77. The normalized spacial score (nSPS) is 12.2. The number of hydrogen-bond acceptors (Lipinski definition) is 4. The van der Waals surface area contributed by atoms with Gasteiger partial charge in [0.15, 0.2) is 0 Å². The van der Waals surface area contributed by atoms with Crippen LogP contribution in [0.3, 0.4) is 0 Å². The van der Waals surface area contributed by atoms with Crippen LogP contribution >= 0.6 is 11.8 Å². The molecule has 2 N–H and O–H groups in total. The van der Waals surface area contributed by atoms with Crippen LogP contribution in [0.5, 0.6) is 5.75 Å².